The first-order chi connectivity index (χ1) is 11.9. The van der Waals surface area contributed by atoms with Gasteiger partial charge in [0, 0.05) is 5.69 Å². The third-order valence-corrected chi connectivity index (χ3v) is 3.55. The van der Waals surface area contributed by atoms with Crippen LogP contribution in [-0.4, -0.2) is 18.1 Å². The fourth-order valence-electron chi connectivity index (χ4n) is 2.38. The number of hydrogen-bond acceptors (Lipinski definition) is 3. The summed E-state index contributed by atoms with van der Waals surface area (Å²) < 4.78 is 5.22. The molecule has 5 heteroatoms. The van der Waals surface area contributed by atoms with Crippen LogP contribution in [0.4, 0.5) is 10.5 Å². The first kappa shape index (κ1) is 18.5. The molecule has 2 aromatic carbocycles. The van der Waals surface area contributed by atoms with Crippen LogP contribution in [0.5, 0.6) is 0 Å². The van der Waals surface area contributed by atoms with Gasteiger partial charge in [-0.15, -0.1) is 0 Å². The van der Waals surface area contributed by atoms with Crippen molar-refractivity contribution in [3.05, 3.63) is 65.7 Å². The van der Waals surface area contributed by atoms with Gasteiger partial charge in [-0.05, 0) is 38.5 Å². The molecule has 0 saturated heterocycles. The third kappa shape index (κ3) is 6.30. The van der Waals surface area contributed by atoms with Gasteiger partial charge in [-0.3, -0.25) is 4.79 Å². The minimum atomic E-state index is -0.462. The molecule has 0 aliphatic carbocycles. The van der Waals surface area contributed by atoms with E-state index in [4.69, 9.17) is 4.74 Å². The van der Waals surface area contributed by atoms with Crippen molar-refractivity contribution in [1.29, 1.82) is 0 Å². The molecular formula is C20H24N2O3. The predicted molar refractivity (Wildman–Crippen MR) is 98.4 cm³/mol. The Morgan fingerprint density at radius 3 is 2.24 bits per heavy atom. The molecule has 0 aromatic heterocycles. The van der Waals surface area contributed by atoms with Gasteiger partial charge in [0.1, 0.15) is 0 Å². The SMILES string of the molecule is Cc1ccc([C@H](CC(=O)OC(C)C)NC(=O)Nc2ccccc2)cc1. The van der Waals surface area contributed by atoms with Crippen molar-refractivity contribution in [1.82, 2.24) is 5.32 Å². The topological polar surface area (TPSA) is 67.4 Å². The first-order valence-electron chi connectivity index (χ1n) is 8.32. The zero-order valence-corrected chi connectivity index (χ0v) is 14.8. The summed E-state index contributed by atoms with van der Waals surface area (Å²) in [6.45, 7) is 5.59. The number of amides is 2. The molecule has 2 rings (SSSR count). The number of para-hydroxylation sites is 1. The Morgan fingerprint density at radius 2 is 1.64 bits per heavy atom. The molecule has 0 spiro atoms. The normalized spacial score (nSPS) is 11.7. The van der Waals surface area contributed by atoms with Crippen molar-refractivity contribution in [3.63, 3.8) is 0 Å². The summed E-state index contributed by atoms with van der Waals surface area (Å²) in [6.07, 6.45) is -0.118. The van der Waals surface area contributed by atoms with Gasteiger partial charge in [-0.1, -0.05) is 48.0 Å². The second-order valence-electron chi connectivity index (χ2n) is 6.17. The summed E-state index contributed by atoms with van der Waals surface area (Å²) in [6, 6.07) is 16.0. The lowest BCUT2D eigenvalue weighted by Gasteiger charge is -2.20. The van der Waals surface area contributed by atoms with Gasteiger partial charge in [0.05, 0.1) is 18.6 Å². The number of nitrogens with one attached hydrogen (secondary N) is 2. The predicted octanol–water partition coefficient (Wildman–Crippen LogP) is 4.20. The van der Waals surface area contributed by atoms with Crippen molar-refractivity contribution in [2.75, 3.05) is 5.32 Å². The minimum absolute atomic E-state index is 0.0729. The Morgan fingerprint density at radius 1 is 1.00 bits per heavy atom. The fraction of sp³-hybridized carbons (Fsp3) is 0.300. The van der Waals surface area contributed by atoms with Crippen LogP contribution >= 0.6 is 0 Å². The molecule has 0 aliphatic heterocycles. The number of aryl methyl sites for hydroxylation is 1. The van der Waals surface area contributed by atoms with E-state index in [9.17, 15) is 9.59 Å². The van der Waals surface area contributed by atoms with Gasteiger partial charge >= 0.3 is 12.0 Å². The maximum absolute atomic E-state index is 12.3. The van der Waals surface area contributed by atoms with E-state index >= 15 is 0 Å². The average molecular weight is 340 g/mol. The molecule has 0 unspecified atom stereocenters. The lowest BCUT2D eigenvalue weighted by Crippen LogP contribution is -2.34. The molecule has 5 nitrogen and oxygen atoms in total. The lowest BCUT2D eigenvalue weighted by atomic mass is 10.0. The van der Waals surface area contributed by atoms with E-state index in [2.05, 4.69) is 10.6 Å². The highest BCUT2D eigenvalue weighted by molar-refractivity contribution is 5.89. The van der Waals surface area contributed by atoms with Crippen LogP contribution in [0, 0.1) is 6.92 Å². The largest absolute Gasteiger partial charge is 0.463 e. The fourth-order valence-corrected chi connectivity index (χ4v) is 2.38. The van der Waals surface area contributed by atoms with Crippen LogP contribution in [-0.2, 0) is 9.53 Å². The van der Waals surface area contributed by atoms with E-state index in [0.29, 0.717) is 5.69 Å². The molecule has 132 valence electrons. The molecule has 0 bridgehead atoms. The highest BCUT2D eigenvalue weighted by atomic mass is 16.5. The molecule has 2 amide bonds. The third-order valence-electron chi connectivity index (χ3n) is 3.55. The van der Waals surface area contributed by atoms with Crippen molar-refractivity contribution >= 4 is 17.7 Å². The van der Waals surface area contributed by atoms with Gasteiger partial charge in [0.15, 0.2) is 0 Å². The van der Waals surface area contributed by atoms with E-state index in [-0.39, 0.29) is 24.5 Å². The zero-order chi connectivity index (χ0) is 18.2. The summed E-state index contributed by atoms with van der Waals surface area (Å²) in [5, 5.41) is 5.62. The minimum Gasteiger partial charge on any atom is -0.463 e. The molecule has 2 aromatic rings. The standard InChI is InChI=1S/C20H24N2O3/c1-14(2)25-19(23)13-18(16-11-9-15(3)10-12-16)22-20(24)21-17-7-5-4-6-8-17/h4-12,14,18H,13H2,1-3H3,(H2,21,22,24)/t18-/m0/s1. The second-order valence-corrected chi connectivity index (χ2v) is 6.17. The number of anilines is 1. The van der Waals surface area contributed by atoms with Crippen LogP contribution in [0.3, 0.4) is 0 Å². The van der Waals surface area contributed by atoms with Crippen LogP contribution in [0.25, 0.3) is 0 Å². The zero-order valence-electron chi connectivity index (χ0n) is 14.8. The van der Waals surface area contributed by atoms with Gasteiger partial charge < -0.3 is 15.4 Å². The summed E-state index contributed by atoms with van der Waals surface area (Å²) in [5.74, 6) is -0.347. The highest BCUT2D eigenvalue weighted by Crippen LogP contribution is 2.19. The van der Waals surface area contributed by atoms with Gasteiger partial charge in [0.2, 0.25) is 0 Å². The van der Waals surface area contributed by atoms with Crippen LogP contribution in [0.1, 0.15) is 37.4 Å². The summed E-state index contributed by atoms with van der Waals surface area (Å²) in [7, 11) is 0. The number of carbonyl (C=O) groups excluding carboxylic acids is 2. The van der Waals surface area contributed by atoms with E-state index in [1.165, 1.54) is 0 Å². The molecular weight excluding hydrogens is 316 g/mol. The van der Waals surface area contributed by atoms with E-state index in [1.807, 2.05) is 49.4 Å². The van der Waals surface area contributed by atoms with Crippen molar-refractivity contribution in [2.45, 2.75) is 39.3 Å². The maximum atomic E-state index is 12.3. The number of hydrogen-bond donors (Lipinski definition) is 2. The smallest absolute Gasteiger partial charge is 0.319 e. The number of rotatable bonds is 6. The Kier molecular flexibility index (Phi) is 6.57. The Bertz CT molecular complexity index is 697. The van der Waals surface area contributed by atoms with E-state index < -0.39 is 6.04 Å². The van der Waals surface area contributed by atoms with Crippen LogP contribution in [0.2, 0.25) is 0 Å². The quantitative estimate of drug-likeness (QED) is 0.775. The number of benzene rings is 2. The van der Waals surface area contributed by atoms with Gasteiger partial charge in [0.25, 0.3) is 0 Å². The van der Waals surface area contributed by atoms with Crippen molar-refractivity contribution < 1.29 is 14.3 Å². The Hall–Kier alpha value is -2.82. The molecule has 0 aliphatic rings. The summed E-state index contributed by atoms with van der Waals surface area (Å²) in [4.78, 5) is 24.3. The van der Waals surface area contributed by atoms with E-state index in [1.54, 1.807) is 26.0 Å². The van der Waals surface area contributed by atoms with E-state index in [0.717, 1.165) is 11.1 Å². The number of ether oxygens (including phenoxy) is 1. The molecule has 0 fully saturated rings. The maximum Gasteiger partial charge on any atom is 0.319 e. The van der Waals surface area contributed by atoms with Gasteiger partial charge in [-0.2, -0.15) is 0 Å². The summed E-state index contributed by atoms with van der Waals surface area (Å²) in [5.41, 5.74) is 2.66. The van der Waals surface area contributed by atoms with Crippen molar-refractivity contribution in [2.24, 2.45) is 0 Å². The lowest BCUT2D eigenvalue weighted by molar-refractivity contribution is -0.147. The molecule has 0 radical (unpaired) electrons. The molecule has 25 heavy (non-hydrogen) atoms. The molecule has 0 saturated carbocycles. The number of carbonyl (C=O) groups is 2. The molecule has 1 atom stereocenters. The average Bonchev–Trinajstić information content (AvgIpc) is 2.55. The Labute approximate surface area is 148 Å². The van der Waals surface area contributed by atoms with Crippen LogP contribution < -0.4 is 10.6 Å². The molecule has 0 heterocycles. The Balaban J connectivity index is 2.09. The number of urea groups is 1. The molecule has 2 N–H and O–H groups in total. The highest BCUT2D eigenvalue weighted by Gasteiger charge is 2.20. The second kappa shape index (κ2) is 8.87. The first-order valence-corrected chi connectivity index (χ1v) is 8.32. The van der Waals surface area contributed by atoms with Gasteiger partial charge in [-0.25, -0.2) is 4.79 Å². The summed E-state index contributed by atoms with van der Waals surface area (Å²) >= 11 is 0. The monoisotopic (exact) mass is 340 g/mol. The van der Waals surface area contributed by atoms with Crippen LogP contribution in [0.15, 0.2) is 54.6 Å². The van der Waals surface area contributed by atoms with Crippen molar-refractivity contribution in [3.8, 4) is 0 Å². The number of esters is 1.